The van der Waals surface area contributed by atoms with E-state index in [4.69, 9.17) is 11.0 Å². The second-order valence-corrected chi connectivity index (χ2v) is 4.95. The van der Waals surface area contributed by atoms with Crippen molar-refractivity contribution >= 4 is 17.3 Å². The van der Waals surface area contributed by atoms with Gasteiger partial charge in [-0.15, -0.1) is 0 Å². The monoisotopic (exact) mass is 274 g/mol. The topological polar surface area (TPSA) is 82.2 Å². The predicted molar refractivity (Wildman–Crippen MR) is 81.1 cm³/mol. The van der Waals surface area contributed by atoms with Crippen molar-refractivity contribution in [2.75, 3.05) is 30.7 Å². The molecule has 0 saturated heterocycles. The molecule has 5 heteroatoms. The molecule has 0 aliphatic heterocycles. The van der Waals surface area contributed by atoms with Gasteiger partial charge in [0.05, 0.1) is 29.9 Å². The number of amides is 1. The molecule has 0 saturated carbocycles. The lowest BCUT2D eigenvalue weighted by Gasteiger charge is -2.21. The number of nitrogen functional groups attached to an aromatic ring is 1. The Labute approximate surface area is 120 Å². The Morgan fingerprint density at radius 2 is 2.25 bits per heavy atom. The fraction of sp³-hybridized carbons (Fsp3) is 0.467. The molecule has 1 amide bonds. The van der Waals surface area contributed by atoms with Crippen LogP contribution in [0.2, 0.25) is 0 Å². The van der Waals surface area contributed by atoms with Crippen molar-refractivity contribution < 1.29 is 4.79 Å². The van der Waals surface area contributed by atoms with Gasteiger partial charge in [0.1, 0.15) is 0 Å². The SMILES string of the molecule is CCN(CC(=O)Nc1c(C)cccc1N)CC(C)C#N. The number of benzene rings is 1. The quantitative estimate of drug-likeness (QED) is 0.777. The Kier molecular flexibility index (Phi) is 6.01. The van der Waals surface area contributed by atoms with Crippen LogP contribution in [0.15, 0.2) is 18.2 Å². The van der Waals surface area contributed by atoms with Gasteiger partial charge in [-0.3, -0.25) is 9.69 Å². The van der Waals surface area contributed by atoms with E-state index in [0.29, 0.717) is 17.9 Å². The molecule has 0 spiro atoms. The van der Waals surface area contributed by atoms with Gasteiger partial charge in [0.15, 0.2) is 0 Å². The van der Waals surface area contributed by atoms with Crippen LogP contribution in [0.25, 0.3) is 0 Å². The highest BCUT2D eigenvalue weighted by atomic mass is 16.2. The average molecular weight is 274 g/mol. The molecule has 108 valence electrons. The highest BCUT2D eigenvalue weighted by molar-refractivity contribution is 5.96. The zero-order valence-electron chi connectivity index (χ0n) is 12.3. The van der Waals surface area contributed by atoms with Gasteiger partial charge in [-0.05, 0) is 32.0 Å². The van der Waals surface area contributed by atoms with Gasteiger partial charge in [0, 0.05) is 6.54 Å². The van der Waals surface area contributed by atoms with Crippen LogP contribution in [0, 0.1) is 24.2 Å². The minimum atomic E-state index is -0.113. The van der Waals surface area contributed by atoms with Crippen LogP contribution in [0.1, 0.15) is 19.4 Å². The van der Waals surface area contributed by atoms with Crippen molar-refractivity contribution in [1.29, 1.82) is 5.26 Å². The van der Waals surface area contributed by atoms with Gasteiger partial charge in [-0.25, -0.2) is 0 Å². The largest absolute Gasteiger partial charge is 0.397 e. The van der Waals surface area contributed by atoms with Crippen LogP contribution in [-0.4, -0.2) is 30.4 Å². The molecular formula is C15H22N4O. The number of hydrogen-bond acceptors (Lipinski definition) is 4. The number of aryl methyl sites for hydroxylation is 1. The van der Waals surface area contributed by atoms with Crippen LogP contribution in [-0.2, 0) is 4.79 Å². The molecule has 0 aromatic heterocycles. The smallest absolute Gasteiger partial charge is 0.238 e. The number of carbonyl (C=O) groups excluding carboxylic acids is 1. The number of rotatable bonds is 6. The molecule has 1 unspecified atom stereocenters. The Balaban J connectivity index is 2.65. The van der Waals surface area contributed by atoms with Crippen LogP contribution in [0.5, 0.6) is 0 Å². The Morgan fingerprint density at radius 1 is 1.55 bits per heavy atom. The van der Waals surface area contributed by atoms with Crippen LogP contribution >= 0.6 is 0 Å². The summed E-state index contributed by atoms with van der Waals surface area (Å²) in [5.74, 6) is -0.204. The molecular weight excluding hydrogens is 252 g/mol. The maximum atomic E-state index is 12.1. The van der Waals surface area contributed by atoms with Crippen LogP contribution in [0.3, 0.4) is 0 Å². The van der Waals surface area contributed by atoms with E-state index >= 15 is 0 Å². The van der Waals surface area contributed by atoms with Gasteiger partial charge in [0.25, 0.3) is 0 Å². The first kappa shape index (κ1) is 16.0. The lowest BCUT2D eigenvalue weighted by Crippen LogP contribution is -2.36. The third-order valence-electron chi connectivity index (χ3n) is 3.14. The van der Waals surface area contributed by atoms with Gasteiger partial charge >= 0.3 is 0 Å². The van der Waals surface area contributed by atoms with E-state index in [9.17, 15) is 4.79 Å². The molecule has 1 aromatic carbocycles. The Bertz CT molecular complexity index is 487. The fourth-order valence-electron chi connectivity index (χ4n) is 1.98. The van der Waals surface area contributed by atoms with Crippen molar-refractivity contribution in [2.24, 2.45) is 5.92 Å². The normalized spacial score (nSPS) is 11.9. The highest BCUT2D eigenvalue weighted by Crippen LogP contribution is 2.22. The van der Waals surface area contributed by atoms with E-state index in [2.05, 4.69) is 11.4 Å². The van der Waals surface area contributed by atoms with Crippen molar-refractivity contribution in [1.82, 2.24) is 4.90 Å². The maximum Gasteiger partial charge on any atom is 0.238 e. The Hall–Kier alpha value is -2.06. The summed E-state index contributed by atoms with van der Waals surface area (Å²) in [5, 5.41) is 11.7. The van der Waals surface area contributed by atoms with Gasteiger partial charge < -0.3 is 11.1 Å². The van der Waals surface area contributed by atoms with Crippen LogP contribution in [0.4, 0.5) is 11.4 Å². The first-order valence-electron chi connectivity index (χ1n) is 6.74. The lowest BCUT2D eigenvalue weighted by atomic mass is 10.1. The standard InChI is InChI=1S/C15H22N4O/c1-4-19(9-11(2)8-16)10-14(20)18-15-12(3)6-5-7-13(15)17/h5-7,11H,4,9-10,17H2,1-3H3,(H,18,20). The van der Waals surface area contributed by atoms with E-state index in [0.717, 1.165) is 12.1 Å². The third-order valence-corrected chi connectivity index (χ3v) is 3.14. The summed E-state index contributed by atoms with van der Waals surface area (Å²) < 4.78 is 0. The predicted octanol–water partition coefficient (Wildman–Crippen LogP) is 2.00. The van der Waals surface area contributed by atoms with Gasteiger partial charge in [-0.1, -0.05) is 19.1 Å². The number of para-hydroxylation sites is 1. The number of carbonyl (C=O) groups is 1. The molecule has 1 atom stereocenters. The molecule has 1 aromatic rings. The lowest BCUT2D eigenvalue weighted by molar-refractivity contribution is -0.117. The van der Waals surface area contributed by atoms with Crippen LogP contribution < -0.4 is 11.1 Å². The molecule has 0 aliphatic carbocycles. The molecule has 0 heterocycles. The van der Waals surface area contributed by atoms with Crippen molar-refractivity contribution in [3.05, 3.63) is 23.8 Å². The number of nitrogens with two attached hydrogens (primary N) is 1. The van der Waals surface area contributed by atoms with Gasteiger partial charge in [0.2, 0.25) is 5.91 Å². The van der Waals surface area contributed by atoms with E-state index in [-0.39, 0.29) is 18.4 Å². The summed E-state index contributed by atoms with van der Waals surface area (Å²) in [6.07, 6.45) is 0. The van der Waals surface area contributed by atoms with Crippen molar-refractivity contribution in [3.63, 3.8) is 0 Å². The fourth-order valence-corrected chi connectivity index (χ4v) is 1.98. The maximum absolute atomic E-state index is 12.1. The molecule has 0 radical (unpaired) electrons. The molecule has 3 N–H and O–H groups in total. The van der Waals surface area contributed by atoms with Crippen molar-refractivity contribution in [2.45, 2.75) is 20.8 Å². The summed E-state index contributed by atoms with van der Waals surface area (Å²) in [6, 6.07) is 7.70. The molecule has 5 nitrogen and oxygen atoms in total. The third kappa shape index (κ3) is 4.56. The number of anilines is 2. The molecule has 0 fully saturated rings. The number of likely N-dealkylation sites (N-methyl/N-ethyl adjacent to an activating group) is 1. The van der Waals surface area contributed by atoms with Crippen molar-refractivity contribution in [3.8, 4) is 6.07 Å². The van der Waals surface area contributed by atoms with Gasteiger partial charge in [-0.2, -0.15) is 5.26 Å². The number of nitriles is 1. The second-order valence-electron chi connectivity index (χ2n) is 4.95. The summed E-state index contributed by atoms with van der Waals surface area (Å²) in [5.41, 5.74) is 8.03. The first-order chi connectivity index (χ1) is 9.47. The summed E-state index contributed by atoms with van der Waals surface area (Å²) in [7, 11) is 0. The average Bonchev–Trinajstić information content (AvgIpc) is 2.42. The van der Waals surface area contributed by atoms with E-state index in [1.807, 2.05) is 37.8 Å². The van der Waals surface area contributed by atoms with E-state index < -0.39 is 0 Å². The summed E-state index contributed by atoms with van der Waals surface area (Å²) in [4.78, 5) is 14.0. The van der Waals surface area contributed by atoms with E-state index in [1.54, 1.807) is 6.07 Å². The molecule has 0 aliphatic rings. The molecule has 20 heavy (non-hydrogen) atoms. The molecule has 0 bridgehead atoms. The zero-order valence-corrected chi connectivity index (χ0v) is 12.3. The summed E-state index contributed by atoms with van der Waals surface area (Å²) >= 11 is 0. The minimum absolute atomic E-state index is 0.0914. The Morgan fingerprint density at radius 3 is 2.80 bits per heavy atom. The summed E-state index contributed by atoms with van der Waals surface area (Å²) in [6.45, 7) is 7.30. The number of hydrogen-bond donors (Lipinski definition) is 2. The highest BCUT2D eigenvalue weighted by Gasteiger charge is 2.14. The zero-order chi connectivity index (χ0) is 15.1. The second kappa shape index (κ2) is 7.51. The number of nitrogens with one attached hydrogen (secondary N) is 1. The molecule has 1 rings (SSSR count). The minimum Gasteiger partial charge on any atom is -0.397 e. The number of nitrogens with zero attached hydrogens (tertiary/aromatic N) is 2. The first-order valence-corrected chi connectivity index (χ1v) is 6.74. The van der Waals surface area contributed by atoms with E-state index in [1.165, 1.54) is 0 Å².